The van der Waals surface area contributed by atoms with Crippen LogP contribution in [0.15, 0.2) is 121 Å². The molecule has 0 atom stereocenters. The van der Waals surface area contributed by atoms with E-state index in [-0.39, 0.29) is 22.7 Å². The van der Waals surface area contributed by atoms with Crippen molar-refractivity contribution in [3.05, 3.63) is 127 Å². The van der Waals surface area contributed by atoms with Crippen LogP contribution in [0.3, 0.4) is 0 Å². The van der Waals surface area contributed by atoms with Crippen LogP contribution in [0.2, 0.25) is 0 Å². The van der Waals surface area contributed by atoms with Gasteiger partial charge in [-0.1, -0.05) is 72.8 Å². The van der Waals surface area contributed by atoms with Crippen molar-refractivity contribution >= 4 is 15.2 Å². The van der Waals surface area contributed by atoms with E-state index in [4.69, 9.17) is 18.1 Å². The zero-order chi connectivity index (χ0) is 23.7. The summed E-state index contributed by atoms with van der Waals surface area (Å²) >= 11 is 0. The number of benzene rings is 4. The van der Waals surface area contributed by atoms with E-state index >= 15 is 0 Å². The van der Waals surface area contributed by atoms with Crippen molar-refractivity contribution in [2.45, 2.75) is 0 Å². The Morgan fingerprint density at radius 3 is 1.09 bits per heavy atom. The van der Waals surface area contributed by atoms with Crippen LogP contribution in [0.25, 0.3) is 0 Å². The maximum Gasteiger partial charge on any atom is 0.401 e. The van der Waals surface area contributed by atoms with Crippen LogP contribution in [-0.4, -0.2) is 6.16 Å². The van der Waals surface area contributed by atoms with Gasteiger partial charge in [-0.3, -0.25) is 4.57 Å². The summed E-state index contributed by atoms with van der Waals surface area (Å²) in [5, 5.41) is 0. The summed E-state index contributed by atoms with van der Waals surface area (Å²) in [5.74, 6) is 1.41. The average Bonchev–Trinajstić information content (AvgIpc) is 2.85. The van der Waals surface area contributed by atoms with Crippen molar-refractivity contribution in [2.75, 3.05) is 6.16 Å². The Labute approximate surface area is 215 Å². The first kappa shape index (κ1) is 26.6. The van der Waals surface area contributed by atoms with E-state index in [2.05, 4.69) is 0 Å². The third kappa shape index (κ3) is 8.33. The Morgan fingerprint density at radius 1 is 0.486 bits per heavy atom. The molecule has 4 aromatic carbocycles. The molecule has 0 amide bonds. The van der Waals surface area contributed by atoms with Gasteiger partial charge in [0, 0.05) is 16.5 Å². The molecule has 0 heterocycles. The molecule has 0 spiro atoms. The molecule has 6 nitrogen and oxygen atoms in total. The first-order chi connectivity index (χ1) is 16.5. The minimum atomic E-state index is -3.93. The van der Waals surface area contributed by atoms with Crippen LogP contribution in [0.5, 0.6) is 23.0 Å². The average molecular weight is 552 g/mol. The monoisotopic (exact) mass is 551 g/mol. The maximum absolute atomic E-state index is 13.8. The summed E-state index contributed by atoms with van der Waals surface area (Å²) in [6.07, 6.45) is 0.910. The molecule has 0 saturated carbocycles. The van der Waals surface area contributed by atoms with Gasteiger partial charge >= 0.3 is 7.60 Å². The molecule has 4 rings (SSSR count). The maximum atomic E-state index is 13.8. The molecule has 0 fully saturated rings. The predicted octanol–water partition coefficient (Wildman–Crippen LogP) is 7.85. The summed E-state index contributed by atoms with van der Waals surface area (Å²) in [6, 6.07) is 34.6. The fourth-order valence-electron chi connectivity index (χ4n) is 2.93. The standard InChI is InChI=1S/C26H23O6P2.Ni/c27-33(29-23-13-5-1-6-14-23,30-24-15-7-2-8-16-24)21-22-34(28,31-25-17-9-3-10-18-25)32-26-19-11-4-12-20-26;/h1-21H,22H2;/q-1;. The molecule has 184 valence electrons. The number of para-hydroxylation sites is 4. The number of hydrogen-bond acceptors (Lipinski definition) is 6. The van der Waals surface area contributed by atoms with E-state index in [1.165, 1.54) is 6.16 Å². The van der Waals surface area contributed by atoms with Gasteiger partial charge in [0.05, 0.1) is 0 Å². The van der Waals surface area contributed by atoms with Crippen LogP contribution in [0.4, 0.5) is 0 Å². The minimum absolute atomic E-state index is 0. The molecule has 0 radical (unpaired) electrons. The second-order valence-electron chi connectivity index (χ2n) is 7.13. The molecule has 0 unspecified atom stereocenters. The Balaban J connectivity index is 0.00000342. The van der Waals surface area contributed by atoms with E-state index in [1.54, 1.807) is 97.1 Å². The summed E-state index contributed by atoms with van der Waals surface area (Å²) in [5.41, 5.74) is 0. The van der Waals surface area contributed by atoms with Crippen LogP contribution in [-0.2, 0) is 25.6 Å². The van der Waals surface area contributed by atoms with Crippen molar-refractivity contribution in [2.24, 2.45) is 0 Å². The van der Waals surface area contributed by atoms with Gasteiger partial charge in [-0.05, 0) is 54.7 Å². The van der Waals surface area contributed by atoms with Crippen LogP contribution >= 0.6 is 15.2 Å². The molecule has 9 heteroatoms. The first-order valence-corrected chi connectivity index (χ1v) is 13.9. The second kappa shape index (κ2) is 12.7. The summed E-state index contributed by atoms with van der Waals surface area (Å²) < 4.78 is 50.6. The molecule has 0 saturated heterocycles. The van der Waals surface area contributed by atoms with Gasteiger partial charge in [0.1, 0.15) is 23.0 Å². The SMILES string of the molecule is O=P([CH-]CP(=O)(Oc1ccccc1)Oc1ccccc1)(Oc1ccccc1)Oc1ccccc1.[Ni]. The fraction of sp³-hybridized carbons (Fsp3) is 0.0385. The zero-order valence-electron chi connectivity index (χ0n) is 18.5. The zero-order valence-corrected chi connectivity index (χ0v) is 21.3. The third-order valence-corrected chi connectivity index (χ3v) is 7.91. The Hall–Kier alpha value is -2.97. The van der Waals surface area contributed by atoms with E-state index in [0.717, 1.165) is 0 Å². The van der Waals surface area contributed by atoms with Gasteiger partial charge in [-0.25, -0.2) is 4.57 Å². The van der Waals surface area contributed by atoms with Crippen molar-refractivity contribution in [3.8, 4) is 23.0 Å². The molecular formula is C26H23NiO6P2-. The largest absolute Gasteiger partial charge is 0.437 e. The fourth-order valence-corrected chi connectivity index (χ4v) is 6.62. The summed E-state index contributed by atoms with van der Waals surface area (Å²) in [7, 11) is -7.78. The molecule has 0 aliphatic heterocycles. The van der Waals surface area contributed by atoms with Gasteiger partial charge in [0.25, 0.3) is 7.60 Å². The summed E-state index contributed by atoms with van der Waals surface area (Å²) in [4.78, 5) is 0. The normalized spacial score (nSPS) is 11.1. The van der Waals surface area contributed by atoms with Crippen LogP contribution < -0.4 is 18.1 Å². The Bertz CT molecular complexity index is 1070. The van der Waals surface area contributed by atoms with Crippen molar-refractivity contribution in [1.29, 1.82) is 0 Å². The van der Waals surface area contributed by atoms with Gasteiger partial charge in [-0.2, -0.15) is 6.16 Å². The third-order valence-electron chi connectivity index (χ3n) is 4.46. The molecule has 0 aliphatic carbocycles. The van der Waals surface area contributed by atoms with Gasteiger partial charge in [0.15, 0.2) is 0 Å². The molecule has 0 aromatic heterocycles. The van der Waals surface area contributed by atoms with E-state index in [9.17, 15) is 9.13 Å². The van der Waals surface area contributed by atoms with Crippen LogP contribution in [0, 0.1) is 6.16 Å². The van der Waals surface area contributed by atoms with E-state index in [1.807, 2.05) is 24.3 Å². The van der Waals surface area contributed by atoms with Crippen molar-refractivity contribution in [1.82, 2.24) is 0 Å². The summed E-state index contributed by atoms with van der Waals surface area (Å²) in [6.45, 7) is 0. The van der Waals surface area contributed by atoms with E-state index in [0.29, 0.717) is 23.0 Å². The quantitative estimate of drug-likeness (QED) is 0.107. The van der Waals surface area contributed by atoms with Crippen molar-refractivity contribution in [3.63, 3.8) is 0 Å². The molecule has 4 aromatic rings. The molecule has 0 bridgehead atoms. The first-order valence-electron chi connectivity index (χ1n) is 10.5. The van der Waals surface area contributed by atoms with Gasteiger partial charge in [-0.15, -0.1) is 0 Å². The Kier molecular flexibility index (Phi) is 9.63. The minimum Gasteiger partial charge on any atom is -0.437 e. The van der Waals surface area contributed by atoms with Crippen LogP contribution in [0.1, 0.15) is 0 Å². The molecule has 0 aliphatic rings. The molecule has 35 heavy (non-hydrogen) atoms. The number of rotatable bonds is 11. The van der Waals surface area contributed by atoms with E-state index < -0.39 is 15.2 Å². The van der Waals surface area contributed by atoms with Gasteiger partial charge in [0.2, 0.25) is 0 Å². The second-order valence-corrected chi connectivity index (χ2v) is 10.9. The smallest absolute Gasteiger partial charge is 0.401 e. The topological polar surface area (TPSA) is 71.1 Å². The van der Waals surface area contributed by atoms with Crippen molar-refractivity contribution < 1.29 is 43.7 Å². The molecular weight excluding hydrogens is 529 g/mol. The molecule has 0 N–H and O–H groups in total. The van der Waals surface area contributed by atoms with Gasteiger partial charge < -0.3 is 18.1 Å². The predicted molar refractivity (Wildman–Crippen MR) is 133 cm³/mol. The number of hydrogen-bond donors (Lipinski definition) is 0. The Morgan fingerprint density at radius 2 is 0.771 bits per heavy atom.